The van der Waals surface area contributed by atoms with Gasteiger partial charge in [0.25, 0.3) is 0 Å². The molecular formula is C18H12F6IN3. The van der Waals surface area contributed by atoms with Crippen LogP contribution in [0, 0.1) is 23.3 Å². The Kier molecular flexibility index (Phi) is 5.60. The first kappa shape index (κ1) is 20.5. The highest BCUT2D eigenvalue weighted by Gasteiger charge is 2.32. The Morgan fingerprint density at radius 1 is 1.00 bits per heavy atom. The average molecular weight is 511 g/mol. The van der Waals surface area contributed by atoms with Crippen molar-refractivity contribution in [1.29, 1.82) is 0 Å². The third-order valence-corrected chi connectivity index (χ3v) is 4.52. The van der Waals surface area contributed by atoms with Crippen LogP contribution in [-0.2, 0) is 17.5 Å². The van der Waals surface area contributed by atoms with Crippen molar-refractivity contribution in [2.24, 2.45) is 7.05 Å². The van der Waals surface area contributed by atoms with E-state index in [1.807, 2.05) is 0 Å². The monoisotopic (exact) mass is 511 g/mol. The van der Waals surface area contributed by atoms with Gasteiger partial charge in [0.15, 0.2) is 0 Å². The quantitative estimate of drug-likeness (QED) is 0.269. The Morgan fingerprint density at radius 2 is 1.64 bits per heavy atom. The summed E-state index contributed by atoms with van der Waals surface area (Å²) < 4.78 is 80.1. The molecule has 0 fully saturated rings. The van der Waals surface area contributed by atoms with Crippen molar-refractivity contribution in [3.8, 4) is 11.3 Å². The van der Waals surface area contributed by atoms with E-state index in [4.69, 9.17) is 0 Å². The standard InChI is InChI=1S/C18H12F6IN3/c1-28-15(7-16(27-28)18(23,24)25)17-13(21)5-11(6-14(17)22)26-8-9-2-3-10(19)4-12(9)20/h2-7,26H,8H2,1H3. The van der Waals surface area contributed by atoms with Crippen molar-refractivity contribution >= 4 is 28.3 Å². The van der Waals surface area contributed by atoms with Crippen LogP contribution in [0.15, 0.2) is 36.4 Å². The number of halogens is 7. The lowest BCUT2D eigenvalue weighted by Crippen LogP contribution is -2.05. The molecule has 1 N–H and O–H groups in total. The van der Waals surface area contributed by atoms with Crippen molar-refractivity contribution < 1.29 is 26.3 Å². The summed E-state index contributed by atoms with van der Waals surface area (Å²) in [7, 11) is 1.30. The summed E-state index contributed by atoms with van der Waals surface area (Å²) in [4.78, 5) is 0. The van der Waals surface area contributed by atoms with Gasteiger partial charge in [-0.1, -0.05) is 6.07 Å². The van der Waals surface area contributed by atoms with Gasteiger partial charge in [0.1, 0.15) is 29.0 Å². The molecule has 0 bridgehead atoms. The second kappa shape index (κ2) is 7.64. The molecule has 0 aliphatic carbocycles. The van der Waals surface area contributed by atoms with Crippen LogP contribution in [0.2, 0.25) is 0 Å². The predicted octanol–water partition coefficient (Wildman–Crippen LogP) is 5.74. The Hall–Kier alpha value is -2.24. The zero-order valence-electron chi connectivity index (χ0n) is 14.2. The summed E-state index contributed by atoms with van der Waals surface area (Å²) in [6, 6.07) is 5.79. The van der Waals surface area contributed by atoms with Crippen LogP contribution in [0.5, 0.6) is 0 Å². The minimum atomic E-state index is -3.29. The second-order valence-corrected chi connectivity index (χ2v) is 7.30. The predicted molar refractivity (Wildman–Crippen MR) is 100 cm³/mol. The van der Waals surface area contributed by atoms with Gasteiger partial charge in [-0.15, -0.1) is 0 Å². The van der Waals surface area contributed by atoms with E-state index in [1.54, 1.807) is 0 Å². The lowest BCUT2D eigenvalue weighted by molar-refractivity contribution is 0.121. The maximum atomic E-state index is 14.5. The highest BCUT2D eigenvalue weighted by molar-refractivity contribution is 14.1. The molecule has 3 nitrogen and oxygen atoms in total. The Morgan fingerprint density at radius 3 is 2.18 bits per heavy atom. The van der Waals surface area contributed by atoms with E-state index in [1.165, 1.54) is 13.1 Å². The molecule has 0 atom stereocenters. The average Bonchev–Trinajstić information content (AvgIpc) is 2.95. The fourth-order valence-corrected chi connectivity index (χ4v) is 2.89. The first-order valence-corrected chi connectivity index (χ1v) is 8.92. The fourth-order valence-electron chi connectivity index (χ4n) is 2.62. The number of rotatable bonds is 5. The first-order valence-electron chi connectivity index (χ1n) is 7.84. The Labute approximate surface area is 169 Å². The third kappa shape index (κ3) is 4.26. The minimum Gasteiger partial charge on any atom is -0.381 e. The van der Waals surface area contributed by atoms with E-state index < -0.39 is 38.5 Å². The highest BCUT2D eigenvalue weighted by Crippen LogP contribution is 2.37. The van der Waals surface area contributed by atoms with Crippen LogP contribution in [0.25, 0.3) is 11.3 Å². The number of benzene rings is 2. The summed E-state index contributed by atoms with van der Waals surface area (Å²) >= 11 is 0.875. The topological polar surface area (TPSA) is 29.9 Å². The number of hydrogen-bond acceptors (Lipinski definition) is 2. The molecular weight excluding hydrogens is 499 g/mol. The Balaban J connectivity index is 1.88. The number of aryl methyl sites for hydroxylation is 1. The third-order valence-electron chi connectivity index (χ3n) is 3.97. The van der Waals surface area contributed by atoms with Gasteiger partial charge in [-0.2, -0.15) is 13.9 Å². The maximum absolute atomic E-state index is 14.5. The van der Waals surface area contributed by atoms with E-state index in [-0.39, 0.29) is 23.5 Å². The van der Waals surface area contributed by atoms with E-state index in [9.17, 15) is 26.3 Å². The summed E-state index contributed by atoms with van der Waals surface area (Å²) in [5, 5.41) is 6.23. The van der Waals surface area contributed by atoms with Crippen LogP contribution in [-0.4, -0.2) is 9.78 Å². The molecule has 0 aliphatic rings. The molecule has 0 saturated heterocycles. The molecule has 148 valence electrons. The molecule has 2 aromatic carbocycles. The van der Waals surface area contributed by atoms with Gasteiger partial charge in [0.2, 0.25) is 0 Å². The van der Waals surface area contributed by atoms with Crippen LogP contribution < -0.4 is 5.32 Å². The van der Waals surface area contributed by atoms with Crippen molar-refractivity contribution in [2.45, 2.75) is 10.5 Å². The number of aromatic nitrogens is 2. The number of nitrogens with zero attached hydrogens (tertiary/aromatic N) is 2. The molecule has 1 heterocycles. The van der Waals surface area contributed by atoms with Gasteiger partial charge >= 0.3 is 3.93 Å². The Bertz CT molecular complexity index is 1010. The molecule has 28 heavy (non-hydrogen) atoms. The molecule has 1 aromatic heterocycles. The SMILES string of the molecule is Cn1nc(C(F)(F)I)cc1-c1c(F)cc(NCc2ccc(F)cc2F)cc1F. The molecule has 0 saturated carbocycles. The number of anilines is 1. The molecule has 3 rings (SSSR count). The van der Waals surface area contributed by atoms with Gasteiger partial charge in [-0.25, -0.2) is 17.6 Å². The van der Waals surface area contributed by atoms with Crippen LogP contribution >= 0.6 is 22.6 Å². The van der Waals surface area contributed by atoms with E-state index in [0.29, 0.717) is 6.07 Å². The minimum absolute atomic E-state index is 0.00379. The zero-order valence-corrected chi connectivity index (χ0v) is 16.4. The van der Waals surface area contributed by atoms with Gasteiger partial charge in [0.05, 0.1) is 11.3 Å². The molecule has 0 spiro atoms. The van der Waals surface area contributed by atoms with Gasteiger partial charge in [-0.05, 0) is 24.3 Å². The van der Waals surface area contributed by atoms with Crippen LogP contribution in [0.1, 0.15) is 11.3 Å². The largest absolute Gasteiger partial charge is 0.381 e. The molecule has 0 amide bonds. The fraction of sp³-hybridized carbons (Fsp3) is 0.167. The molecule has 3 aromatic rings. The van der Waals surface area contributed by atoms with E-state index in [0.717, 1.165) is 51.5 Å². The van der Waals surface area contributed by atoms with Crippen molar-refractivity contribution in [3.63, 3.8) is 0 Å². The normalized spacial score (nSPS) is 11.7. The van der Waals surface area contributed by atoms with E-state index >= 15 is 0 Å². The molecule has 0 unspecified atom stereocenters. The van der Waals surface area contributed by atoms with Gasteiger partial charge in [-0.3, -0.25) is 4.68 Å². The van der Waals surface area contributed by atoms with Crippen LogP contribution in [0.4, 0.5) is 32.0 Å². The van der Waals surface area contributed by atoms with E-state index in [2.05, 4.69) is 10.4 Å². The summed E-state index contributed by atoms with van der Waals surface area (Å²) in [5.74, 6) is -3.55. The van der Waals surface area contributed by atoms with Crippen molar-refractivity contribution in [2.75, 3.05) is 5.32 Å². The zero-order chi connectivity index (χ0) is 20.6. The first-order chi connectivity index (χ1) is 13.1. The molecule has 10 heteroatoms. The molecule has 0 aliphatic heterocycles. The van der Waals surface area contributed by atoms with Crippen LogP contribution in [0.3, 0.4) is 0 Å². The summed E-state index contributed by atoms with van der Waals surface area (Å²) in [5.41, 5.74) is -1.19. The van der Waals surface area contributed by atoms with Crippen molar-refractivity contribution in [3.05, 3.63) is 70.9 Å². The van der Waals surface area contributed by atoms with Crippen molar-refractivity contribution in [1.82, 2.24) is 9.78 Å². The smallest absolute Gasteiger partial charge is 0.339 e. The lowest BCUT2D eigenvalue weighted by Gasteiger charge is -2.11. The highest BCUT2D eigenvalue weighted by atomic mass is 127. The summed E-state index contributed by atoms with van der Waals surface area (Å²) in [6.45, 7) is -0.138. The lowest BCUT2D eigenvalue weighted by atomic mass is 10.1. The molecule has 0 radical (unpaired) electrons. The second-order valence-electron chi connectivity index (χ2n) is 5.94. The van der Waals surface area contributed by atoms with Gasteiger partial charge < -0.3 is 5.32 Å². The number of nitrogens with one attached hydrogen (secondary N) is 1. The summed E-state index contributed by atoms with van der Waals surface area (Å²) in [6.07, 6.45) is 0. The number of alkyl halides is 3. The van der Waals surface area contributed by atoms with Gasteiger partial charge in [0, 0.05) is 53.5 Å². The maximum Gasteiger partial charge on any atom is 0.339 e. The number of hydrogen-bond donors (Lipinski definition) is 1.